The molecule has 0 atom stereocenters. The van der Waals surface area contributed by atoms with Crippen LogP contribution in [0.2, 0.25) is 0 Å². The van der Waals surface area contributed by atoms with Crippen molar-refractivity contribution >= 4 is 65.2 Å². The van der Waals surface area contributed by atoms with Crippen molar-refractivity contribution in [2.45, 2.75) is 0 Å². The molecule has 5 heteroatoms. The molecule has 5 nitrogen and oxygen atoms in total. The Morgan fingerprint density at radius 1 is 0.276 bits per heavy atom. The number of fused-ring (bicyclic) bond motifs is 10. The molecule has 0 aliphatic heterocycles. The zero-order chi connectivity index (χ0) is 38.2. The lowest BCUT2D eigenvalue weighted by Gasteiger charge is -2.11. The van der Waals surface area contributed by atoms with Gasteiger partial charge in [-0.15, -0.1) is 0 Å². The van der Waals surface area contributed by atoms with Gasteiger partial charge in [0, 0.05) is 49.6 Å². The molecule has 0 bridgehead atoms. The molecule has 0 aliphatic carbocycles. The number of rotatable bonds is 5. The summed E-state index contributed by atoms with van der Waals surface area (Å²) >= 11 is 0. The molecule has 0 saturated heterocycles. The molecule has 0 spiro atoms. The van der Waals surface area contributed by atoms with Gasteiger partial charge in [0.25, 0.3) is 0 Å². The van der Waals surface area contributed by atoms with E-state index in [4.69, 9.17) is 15.0 Å². The van der Waals surface area contributed by atoms with Crippen molar-refractivity contribution in [3.63, 3.8) is 0 Å². The van der Waals surface area contributed by atoms with Crippen molar-refractivity contribution in [1.82, 2.24) is 24.1 Å². The van der Waals surface area contributed by atoms with E-state index in [9.17, 15) is 0 Å². The lowest BCUT2D eigenvalue weighted by molar-refractivity contribution is 1.07. The maximum absolute atomic E-state index is 5.18. The average Bonchev–Trinajstić information content (AvgIpc) is 3.83. The van der Waals surface area contributed by atoms with E-state index < -0.39 is 0 Å². The highest BCUT2D eigenvalue weighted by atomic mass is 15.0. The lowest BCUT2D eigenvalue weighted by atomic mass is 10.00. The molecule has 0 fully saturated rings. The summed E-state index contributed by atoms with van der Waals surface area (Å²) in [5.41, 5.74) is 9.64. The molecule has 0 unspecified atom stereocenters. The van der Waals surface area contributed by atoms with Crippen LogP contribution in [0, 0.1) is 0 Å². The molecular formula is C53H33N5. The van der Waals surface area contributed by atoms with Gasteiger partial charge in [0.1, 0.15) is 0 Å². The molecule has 0 amide bonds. The molecular weight excluding hydrogens is 707 g/mol. The quantitative estimate of drug-likeness (QED) is 0.177. The second-order valence-corrected chi connectivity index (χ2v) is 14.8. The van der Waals surface area contributed by atoms with Gasteiger partial charge < -0.3 is 9.13 Å². The Morgan fingerprint density at radius 2 is 0.707 bits per heavy atom. The molecule has 3 heterocycles. The number of aromatic nitrogens is 5. The zero-order valence-corrected chi connectivity index (χ0v) is 31.3. The number of hydrogen-bond acceptors (Lipinski definition) is 3. The van der Waals surface area contributed by atoms with E-state index in [1.54, 1.807) is 0 Å². The van der Waals surface area contributed by atoms with Gasteiger partial charge >= 0.3 is 0 Å². The van der Waals surface area contributed by atoms with Crippen molar-refractivity contribution in [2.75, 3.05) is 0 Å². The molecule has 58 heavy (non-hydrogen) atoms. The maximum Gasteiger partial charge on any atom is 0.164 e. The first-order chi connectivity index (χ1) is 28.8. The van der Waals surface area contributed by atoms with Crippen molar-refractivity contribution in [2.24, 2.45) is 0 Å². The van der Waals surface area contributed by atoms with Crippen LogP contribution in [0.1, 0.15) is 0 Å². The number of benzene rings is 9. The summed E-state index contributed by atoms with van der Waals surface area (Å²) in [4.78, 5) is 15.4. The molecule has 0 radical (unpaired) electrons. The second kappa shape index (κ2) is 12.8. The summed E-state index contributed by atoms with van der Waals surface area (Å²) in [7, 11) is 0. The fourth-order valence-corrected chi connectivity index (χ4v) is 8.90. The van der Waals surface area contributed by atoms with Crippen LogP contribution in [0.25, 0.3) is 111 Å². The van der Waals surface area contributed by atoms with Gasteiger partial charge in [0.2, 0.25) is 0 Å². The van der Waals surface area contributed by atoms with Gasteiger partial charge in [-0.25, -0.2) is 15.0 Å². The third kappa shape index (κ3) is 5.00. The predicted molar refractivity (Wildman–Crippen MR) is 240 cm³/mol. The monoisotopic (exact) mass is 739 g/mol. The van der Waals surface area contributed by atoms with Crippen molar-refractivity contribution in [3.05, 3.63) is 200 Å². The second-order valence-electron chi connectivity index (χ2n) is 14.8. The van der Waals surface area contributed by atoms with Gasteiger partial charge in [0.05, 0.1) is 22.1 Å². The SMILES string of the molecule is c1ccc(-c2nc(-c3ccc(-n4c5ccc6ccccc6c5c5c6ccccc6ccc54)cc3)nc(-c3ccc4c(c3)c3ccccc3n4-c3ccccc3)n2)cc1. The summed E-state index contributed by atoms with van der Waals surface area (Å²) < 4.78 is 4.72. The van der Waals surface area contributed by atoms with E-state index in [1.165, 1.54) is 48.7 Å². The molecule has 0 aliphatic rings. The van der Waals surface area contributed by atoms with Crippen LogP contribution < -0.4 is 0 Å². The van der Waals surface area contributed by atoms with E-state index in [2.05, 4.69) is 191 Å². The highest BCUT2D eigenvalue weighted by molar-refractivity contribution is 6.28. The normalized spacial score (nSPS) is 11.8. The smallest absolute Gasteiger partial charge is 0.164 e. The number of hydrogen-bond donors (Lipinski definition) is 0. The number of nitrogens with zero attached hydrogens (tertiary/aromatic N) is 5. The summed E-state index contributed by atoms with van der Waals surface area (Å²) in [6.07, 6.45) is 0. The molecule has 9 aromatic carbocycles. The van der Waals surface area contributed by atoms with E-state index in [1.807, 2.05) is 18.2 Å². The first-order valence-electron chi connectivity index (χ1n) is 19.6. The number of para-hydroxylation sites is 2. The first kappa shape index (κ1) is 32.4. The lowest BCUT2D eigenvalue weighted by Crippen LogP contribution is -2.00. The van der Waals surface area contributed by atoms with Crippen LogP contribution in [0.15, 0.2) is 200 Å². The molecule has 12 aromatic rings. The molecule has 3 aromatic heterocycles. The Morgan fingerprint density at radius 3 is 1.34 bits per heavy atom. The standard InChI is InChI=1S/C53H33N5/c1-3-15-36(16-4-1)51-54-52(56-53(55-51)38-27-30-46-44(33-38)43-21-11-12-22-45(43)57(46)39-17-5-2-6-18-39)37-23-28-40(29-24-37)58-47-31-25-34-13-7-9-19-41(34)49(47)50-42-20-10-8-14-35(42)26-32-48(50)58/h1-33H. The fourth-order valence-electron chi connectivity index (χ4n) is 8.90. The fraction of sp³-hybridized carbons (Fsp3) is 0. The molecule has 270 valence electrons. The maximum atomic E-state index is 5.18. The van der Waals surface area contributed by atoms with Gasteiger partial charge in [0.15, 0.2) is 17.5 Å². The Labute approximate surface area is 333 Å². The van der Waals surface area contributed by atoms with Crippen LogP contribution in [0.5, 0.6) is 0 Å². The van der Waals surface area contributed by atoms with Crippen LogP contribution >= 0.6 is 0 Å². The topological polar surface area (TPSA) is 48.5 Å². The van der Waals surface area contributed by atoms with Crippen LogP contribution in [-0.4, -0.2) is 24.1 Å². The molecule has 12 rings (SSSR count). The van der Waals surface area contributed by atoms with Gasteiger partial charge in [-0.1, -0.05) is 127 Å². The van der Waals surface area contributed by atoms with Gasteiger partial charge in [-0.2, -0.15) is 0 Å². The Balaban J connectivity index is 1.02. The summed E-state index contributed by atoms with van der Waals surface area (Å²) in [5, 5.41) is 9.85. The third-order valence-corrected chi connectivity index (χ3v) is 11.5. The van der Waals surface area contributed by atoms with E-state index in [0.717, 1.165) is 44.5 Å². The minimum Gasteiger partial charge on any atom is -0.309 e. The van der Waals surface area contributed by atoms with Crippen molar-refractivity contribution < 1.29 is 0 Å². The molecule has 0 saturated carbocycles. The van der Waals surface area contributed by atoms with Crippen LogP contribution in [-0.2, 0) is 0 Å². The predicted octanol–water partition coefficient (Wildman–Crippen LogP) is 13.4. The highest BCUT2D eigenvalue weighted by Crippen LogP contribution is 2.41. The zero-order valence-electron chi connectivity index (χ0n) is 31.3. The minimum absolute atomic E-state index is 0.626. The van der Waals surface area contributed by atoms with E-state index >= 15 is 0 Å². The molecule has 0 N–H and O–H groups in total. The summed E-state index contributed by atoms with van der Waals surface area (Å²) in [5.74, 6) is 1.89. The third-order valence-electron chi connectivity index (χ3n) is 11.5. The van der Waals surface area contributed by atoms with E-state index in [0.29, 0.717) is 17.5 Å². The van der Waals surface area contributed by atoms with Crippen LogP contribution in [0.3, 0.4) is 0 Å². The van der Waals surface area contributed by atoms with Gasteiger partial charge in [-0.05, 0) is 94.3 Å². The van der Waals surface area contributed by atoms with Crippen molar-refractivity contribution in [3.8, 4) is 45.5 Å². The average molecular weight is 740 g/mol. The summed E-state index contributed by atoms with van der Waals surface area (Å²) in [6.45, 7) is 0. The van der Waals surface area contributed by atoms with E-state index in [-0.39, 0.29) is 0 Å². The Kier molecular flexibility index (Phi) is 7.16. The first-order valence-corrected chi connectivity index (χ1v) is 19.6. The summed E-state index contributed by atoms with van der Waals surface area (Å²) in [6, 6.07) is 70.9. The Hall–Kier alpha value is -7.89. The van der Waals surface area contributed by atoms with Crippen LogP contribution in [0.4, 0.5) is 0 Å². The Bertz CT molecular complexity index is 3450. The van der Waals surface area contributed by atoms with Crippen molar-refractivity contribution in [1.29, 1.82) is 0 Å². The highest BCUT2D eigenvalue weighted by Gasteiger charge is 2.19. The largest absolute Gasteiger partial charge is 0.309 e. The minimum atomic E-state index is 0.626. The van der Waals surface area contributed by atoms with Gasteiger partial charge in [-0.3, -0.25) is 0 Å².